The first kappa shape index (κ1) is 35.8. The second-order valence-electron chi connectivity index (χ2n) is 13.4. The number of ether oxygens (including phenoxy) is 3. The quantitative estimate of drug-likeness (QED) is 0.199. The summed E-state index contributed by atoms with van der Waals surface area (Å²) in [7, 11) is -7.15. The van der Waals surface area contributed by atoms with Gasteiger partial charge in [0.2, 0.25) is 5.78 Å². The Bertz CT molecular complexity index is 1570. The summed E-state index contributed by atoms with van der Waals surface area (Å²) in [5.74, 6) is -6.86. The maximum Gasteiger partial charge on any atom is 0.474 e. The molecule has 0 N–H and O–H groups in total. The fourth-order valence-electron chi connectivity index (χ4n) is 6.13. The molecule has 254 valence electrons. The van der Waals surface area contributed by atoms with Crippen LogP contribution in [0.25, 0.3) is 0 Å². The van der Waals surface area contributed by atoms with Crippen molar-refractivity contribution in [3.05, 3.63) is 41.7 Å². The summed E-state index contributed by atoms with van der Waals surface area (Å²) in [6.07, 6.45) is -6.62. The number of Topliss-reactive ketones (excluding diaryl/α,β-unsaturated/α-hetero) is 1. The van der Waals surface area contributed by atoms with Crippen molar-refractivity contribution in [2.45, 2.75) is 101 Å². The van der Waals surface area contributed by atoms with Crippen LogP contribution in [-0.4, -0.2) is 72.5 Å². The van der Waals surface area contributed by atoms with Crippen LogP contribution in [0.3, 0.4) is 0 Å². The van der Waals surface area contributed by atoms with Crippen molar-refractivity contribution in [2.75, 3.05) is 13.2 Å². The summed E-state index contributed by atoms with van der Waals surface area (Å²) >= 11 is 0. The summed E-state index contributed by atoms with van der Waals surface area (Å²) < 4.78 is 82.8. The van der Waals surface area contributed by atoms with Gasteiger partial charge in [0.15, 0.2) is 5.41 Å². The largest absolute Gasteiger partial charge is 0.541 e. The van der Waals surface area contributed by atoms with E-state index in [1.165, 1.54) is 44.2 Å². The molecule has 15 heteroatoms. The fraction of sp³-hybridized carbons (Fsp3) is 0.613. The van der Waals surface area contributed by atoms with Crippen LogP contribution in [0.5, 0.6) is 0 Å². The van der Waals surface area contributed by atoms with Gasteiger partial charge in [-0.15, -0.1) is 4.36 Å². The van der Waals surface area contributed by atoms with E-state index < -0.39 is 89.0 Å². The molecular weight excluding hydrogens is 647 g/mol. The lowest BCUT2D eigenvalue weighted by Crippen LogP contribution is -2.50. The van der Waals surface area contributed by atoms with E-state index in [1.54, 1.807) is 6.92 Å². The first-order chi connectivity index (χ1) is 21.1. The summed E-state index contributed by atoms with van der Waals surface area (Å²) in [6, 6.07) is 5.61. The van der Waals surface area contributed by atoms with Gasteiger partial charge in [-0.2, -0.15) is 13.2 Å². The van der Waals surface area contributed by atoms with Crippen molar-refractivity contribution in [3.63, 3.8) is 0 Å². The minimum Gasteiger partial charge on any atom is -0.541 e. The van der Waals surface area contributed by atoms with Crippen LogP contribution < -0.4 is 0 Å². The maximum atomic E-state index is 15.1. The monoisotopic (exact) mass is 687 g/mol. The molecule has 0 aromatic heterocycles. The van der Waals surface area contributed by atoms with Crippen molar-refractivity contribution in [1.29, 1.82) is 0 Å². The molecule has 5 atom stereocenters. The van der Waals surface area contributed by atoms with Gasteiger partial charge >= 0.3 is 24.0 Å². The second kappa shape index (κ2) is 11.9. The highest BCUT2D eigenvalue weighted by molar-refractivity contribution is 7.94. The maximum absolute atomic E-state index is 15.1. The minimum atomic E-state index is -5.46. The van der Waals surface area contributed by atoms with Crippen LogP contribution in [0, 0.1) is 18.3 Å². The topological polar surface area (TPSA) is 135 Å². The van der Waals surface area contributed by atoms with E-state index in [-0.39, 0.29) is 28.9 Å². The Morgan fingerprint density at radius 3 is 2.07 bits per heavy atom. The Labute approximate surface area is 267 Å². The van der Waals surface area contributed by atoms with Crippen molar-refractivity contribution in [1.82, 2.24) is 0 Å². The number of benzene rings is 1. The number of esters is 2. The first-order valence-corrected chi connectivity index (χ1v) is 19.5. The average Bonchev–Trinajstić information content (AvgIpc) is 3.40. The molecule has 2 heterocycles. The van der Waals surface area contributed by atoms with E-state index in [0.717, 1.165) is 0 Å². The SMILES string of the molecule is CCOC(=O)C1(C(=O)OCC)C[C@H]2[C@H](S(=O)(=NC(=O)C(F)(F)F)c3ccc(C)cc3)[C@@H]3C=C(O[Si](C)(C)C(C)(C)C)C(=O)[C@@]2(C1)O3. The highest BCUT2D eigenvalue weighted by atomic mass is 32.2. The molecule has 4 rings (SSSR count). The molecule has 1 saturated heterocycles. The van der Waals surface area contributed by atoms with Crippen LogP contribution >= 0.6 is 0 Å². The number of ketones is 1. The van der Waals surface area contributed by atoms with Crippen LogP contribution in [0.2, 0.25) is 18.1 Å². The Balaban J connectivity index is 2.04. The van der Waals surface area contributed by atoms with Gasteiger partial charge in [-0.1, -0.05) is 38.5 Å². The van der Waals surface area contributed by atoms with E-state index in [0.29, 0.717) is 5.56 Å². The normalized spacial score (nSPS) is 26.8. The number of carbonyl (C=O) groups excluding carboxylic acids is 4. The van der Waals surface area contributed by atoms with Crippen LogP contribution in [0.15, 0.2) is 45.4 Å². The molecule has 10 nitrogen and oxygen atoms in total. The van der Waals surface area contributed by atoms with Gasteiger partial charge in [0.05, 0.1) is 34.3 Å². The Morgan fingerprint density at radius 2 is 1.59 bits per heavy atom. The number of nitrogens with zero attached hydrogens (tertiary/aromatic N) is 1. The Hall–Kier alpha value is -3.04. The summed E-state index contributed by atoms with van der Waals surface area (Å²) in [5, 5.41) is -1.97. The van der Waals surface area contributed by atoms with Crippen LogP contribution in [0.1, 0.15) is 53.0 Å². The third-order valence-electron chi connectivity index (χ3n) is 9.41. The third kappa shape index (κ3) is 5.82. The molecule has 2 bridgehead atoms. The highest BCUT2D eigenvalue weighted by Gasteiger charge is 2.76. The number of hydrogen-bond acceptors (Lipinski definition) is 9. The standard InChI is InChI=1S/C31H40F3NO9SSi/c1-9-41-26(38)29(27(39)42-10-2)16-20-23(45(40,35-25(37)31(32,33)34)19-13-11-18(3)12-14-19)21-15-22(24(36)30(20,17-29)43-21)44-46(7,8)28(4,5)6/h11-15,20-21,23H,9-10,16-17H2,1-8H3/t20-,21-,23-,30-,45?/m0/s1. The number of halogens is 3. The fourth-order valence-corrected chi connectivity index (χ4v) is 9.82. The lowest BCUT2D eigenvalue weighted by atomic mass is 9.82. The van der Waals surface area contributed by atoms with Crippen molar-refractivity contribution in [3.8, 4) is 0 Å². The zero-order chi connectivity index (χ0) is 34.7. The molecule has 46 heavy (non-hydrogen) atoms. The molecule has 3 aliphatic rings. The van der Waals surface area contributed by atoms with Gasteiger partial charge in [-0.05, 0) is 63.5 Å². The molecular formula is C31H40F3NO9SSi. The van der Waals surface area contributed by atoms with Gasteiger partial charge in [-0.3, -0.25) is 19.2 Å². The van der Waals surface area contributed by atoms with E-state index in [1.807, 2.05) is 33.9 Å². The molecule has 1 spiro atoms. The van der Waals surface area contributed by atoms with Crippen molar-refractivity contribution >= 4 is 41.7 Å². The summed E-state index contributed by atoms with van der Waals surface area (Å²) in [6.45, 7) is 14.1. The number of hydrogen-bond donors (Lipinski definition) is 0. The van der Waals surface area contributed by atoms with E-state index in [4.69, 9.17) is 18.6 Å². The average molecular weight is 688 g/mol. The van der Waals surface area contributed by atoms with Crippen LogP contribution in [0.4, 0.5) is 13.2 Å². The zero-order valence-electron chi connectivity index (χ0n) is 27.1. The molecule has 1 aliphatic carbocycles. The van der Waals surface area contributed by atoms with E-state index >= 15 is 4.21 Å². The predicted molar refractivity (Wildman–Crippen MR) is 162 cm³/mol. The lowest BCUT2D eigenvalue weighted by molar-refractivity contribution is -0.174. The molecule has 1 saturated carbocycles. The Kier molecular flexibility index (Phi) is 9.25. The second-order valence-corrected chi connectivity index (χ2v) is 20.5. The van der Waals surface area contributed by atoms with Gasteiger partial charge in [0.25, 0.3) is 8.32 Å². The smallest absolute Gasteiger partial charge is 0.474 e. The molecule has 1 unspecified atom stereocenters. The first-order valence-electron chi connectivity index (χ1n) is 15.0. The molecule has 2 fully saturated rings. The van der Waals surface area contributed by atoms with Crippen molar-refractivity contribution in [2.24, 2.45) is 15.7 Å². The molecule has 1 aromatic carbocycles. The number of fused-ring (bicyclic) bond motifs is 1. The summed E-state index contributed by atoms with van der Waals surface area (Å²) in [4.78, 5) is 53.9. The van der Waals surface area contributed by atoms with E-state index in [9.17, 15) is 32.3 Å². The number of amides is 1. The molecule has 2 aliphatic heterocycles. The predicted octanol–water partition coefficient (Wildman–Crippen LogP) is 5.43. The number of alkyl halides is 3. The summed E-state index contributed by atoms with van der Waals surface area (Å²) in [5.41, 5.74) is -3.49. The lowest BCUT2D eigenvalue weighted by Gasteiger charge is -2.40. The molecule has 1 aromatic rings. The van der Waals surface area contributed by atoms with Gasteiger partial charge in [-0.25, -0.2) is 4.21 Å². The minimum absolute atomic E-state index is 0.131. The molecule has 0 radical (unpaired) electrons. The van der Waals surface area contributed by atoms with Crippen molar-refractivity contribution < 1.29 is 55.2 Å². The zero-order valence-corrected chi connectivity index (χ0v) is 28.9. The van der Waals surface area contributed by atoms with Gasteiger partial charge in [0.1, 0.15) is 11.4 Å². The van der Waals surface area contributed by atoms with Crippen LogP contribution in [-0.2, 0) is 47.5 Å². The molecule has 1 amide bonds. The number of carbonyl (C=O) groups is 4. The highest BCUT2D eigenvalue weighted by Crippen LogP contribution is 2.62. The third-order valence-corrected chi connectivity index (χ3v) is 16.5. The van der Waals surface area contributed by atoms with E-state index in [2.05, 4.69) is 4.36 Å². The number of rotatable bonds is 8. The number of aryl methyl sites for hydroxylation is 1. The Morgan fingerprint density at radius 1 is 1.04 bits per heavy atom. The van der Waals surface area contributed by atoms with Gasteiger partial charge < -0.3 is 18.6 Å². The van der Waals surface area contributed by atoms with Gasteiger partial charge in [0, 0.05) is 17.2 Å².